The van der Waals surface area contributed by atoms with Crippen LogP contribution in [0, 0.1) is 35.0 Å². The molecule has 4 nitrogen and oxygen atoms in total. The molecule has 5 rings (SSSR count). The SMILES string of the molecule is C=CC(=O)OC12C3CC(C(=O)OC4CCCC4)C(C3)C1C1CCC2(C)C1. The van der Waals surface area contributed by atoms with Gasteiger partial charge >= 0.3 is 11.9 Å². The van der Waals surface area contributed by atoms with Crippen molar-refractivity contribution in [2.24, 2.45) is 35.0 Å². The summed E-state index contributed by atoms with van der Waals surface area (Å²) in [6.45, 7) is 5.93. The molecule has 5 aliphatic rings. The largest absolute Gasteiger partial charge is 0.462 e. The maximum atomic E-state index is 12.9. The average Bonchev–Trinajstić information content (AvgIpc) is 3.38. The van der Waals surface area contributed by atoms with Crippen LogP contribution in [-0.2, 0) is 19.1 Å². The van der Waals surface area contributed by atoms with Gasteiger partial charge in [0.15, 0.2) is 0 Å². The number of hydrogen-bond acceptors (Lipinski definition) is 4. The summed E-state index contributed by atoms with van der Waals surface area (Å²) in [6.07, 6.45) is 11.2. The van der Waals surface area contributed by atoms with E-state index >= 15 is 0 Å². The van der Waals surface area contributed by atoms with Crippen molar-refractivity contribution in [1.29, 1.82) is 0 Å². The van der Waals surface area contributed by atoms with Crippen molar-refractivity contribution >= 4 is 11.9 Å². The molecule has 0 spiro atoms. The van der Waals surface area contributed by atoms with E-state index in [0.29, 0.717) is 23.7 Å². The second-order valence-electron chi connectivity index (χ2n) is 9.79. The van der Waals surface area contributed by atoms with Gasteiger partial charge in [-0.3, -0.25) is 4.79 Å². The van der Waals surface area contributed by atoms with Crippen LogP contribution in [0.4, 0.5) is 0 Å². The lowest BCUT2D eigenvalue weighted by Gasteiger charge is -2.52. The predicted molar refractivity (Wildman–Crippen MR) is 96.0 cm³/mol. The molecule has 26 heavy (non-hydrogen) atoms. The molecule has 7 unspecified atom stereocenters. The molecule has 0 aromatic heterocycles. The lowest BCUT2D eigenvalue weighted by molar-refractivity contribution is -0.197. The Kier molecular flexibility index (Phi) is 3.62. The molecule has 0 N–H and O–H groups in total. The zero-order valence-corrected chi connectivity index (χ0v) is 15.7. The van der Waals surface area contributed by atoms with Crippen molar-refractivity contribution < 1.29 is 19.1 Å². The summed E-state index contributed by atoms with van der Waals surface area (Å²) >= 11 is 0. The second-order valence-corrected chi connectivity index (χ2v) is 9.79. The first-order valence-corrected chi connectivity index (χ1v) is 10.5. The van der Waals surface area contributed by atoms with Gasteiger partial charge in [0, 0.05) is 23.3 Å². The Morgan fingerprint density at radius 1 is 1.15 bits per heavy atom. The lowest BCUT2D eigenvalue weighted by atomic mass is 9.59. The summed E-state index contributed by atoms with van der Waals surface area (Å²) in [5, 5.41) is 0. The number of ether oxygens (including phenoxy) is 2. The molecule has 0 radical (unpaired) electrons. The van der Waals surface area contributed by atoms with Gasteiger partial charge in [-0.2, -0.15) is 0 Å². The molecule has 0 aliphatic heterocycles. The topological polar surface area (TPSA) is 52.6 Å². The molecule has 0 heterocycles. The first-order chi connectivity index (χ1) is 12.5. The third-order valence-electron chi connectivity index (χ3n) is 8.73. The van der Waals surface area contributed by atoms with Crippen LogP contribution >= 0.6 is 0 Å². The average molecular weight is 358 g/mol. The number of esters is 2. The fraction of sp³-hybridized carbons (Fsp3) is 0.818. The van der Waals surface area contributed by atoms with Crippen LogP contribution in [0.1, 0.15) is 64.7 Å². The minimum Gasteiger partial charge on any atom is -0.462 e. The van der Waals surface area contributed by atoms with Crippen molar-refractivity contribution in [1.82, 2.24) is 0 Å². The molecular formula is C22H30O4. The molecule has 0 saturated heterocycles. The maximum absolute atomic E-state index is 12.9. The highest BCUT2D eigenvalue weighted by Crippen LogP contribution is 2.76. The highest BCUT2D eigenvalue weighted by atomic mass is 16.6. The maximum Gasteiger partial charge on any atom is 0.330 e. The summed E-state index contributed by atoms with van der Waals surface area (Å²) in [7, 11) is 0. The number of rotatable bonds is 4. The quantitative estimate of drug-likeness (QED) is 0.432. The Bertz CT molecular complexity index is 651. The molecule has 0 aromatic rings. The van der Waals surface area contributed by atoms with Gasteiger partial charge in [0.2, 0.25) is 0 Å². The zero-order chi connectivity index (χ0) is 18.1. The summed E-state index contributed by atoms with van der Waals surface area (Å²) < 4.78 is 12.1. The van der Waals surface area contributed by atoms with Gasteiger partial charge in [-0.1, -0.05) is 13.5 Å². The van der Waals surface area contributed by atoms with Crippen LogP contribution in [0.5, 0.6) is 0 Å². The van der Waals surface area contributed by atoms with Crippen molar-refractivity contribution in [3.05, 3.63) is 12.7 Å². The first-order valence-electron chi connectivity index (χ1n) is 10.5. The van der Waals surface area contributed by atoms with E-state index in [-0.39, 0.29) is 35.0 Å². The monoisotopic (exact) mass is 358 g/mol. The lowest BCUT2D eigenvalue weighted by Crippen LogP contribution is -2.57. The molecule has 5 fully saturated rings. The van der Waals surface area contributed by atoms with Crippen LogP contribution in [-0.4, -0.2) is 23.6 Å². The van der Waals surface area contributed by atoms with Gasteiger partial charge in [0.05, 0.1) is 5.92 Å². The first kappa shape index (κ1) is 16.8. The summed E-state index contributed by atoms with van der Waals surface area (Å²) in [5.41, 5.74) is -0.295. The number of carbonyl (C=O) groups is 2. The van der Waals surface area contributed by atoms with Crippen LogP contribution in [0.3, 0.4) is 0 Å². The minimum absolute atomic E-state index is 0.0177. The van der Waals surface area contributed by atoms with E-state index in [1.165, 1.54) is 25.3 Å². The molecule has 4 bridgehead atoms. The molecule has 4 heteroatoms. The van der Waals surface area contributed by atoms with Crippen molar-refractivity contribution in [3.8, 4) is 0 Å². The van der Waals surface area contributed by atoms with Gasteiger partial charge in [0.25, 0.3) is 0 Å². The molecule has 5 aliphatic carbocycles. The molecule has 7 atom stereocenters. The van der Waals surface area contributed by atoms with Crippen molar-refractivity contribution in [3.63, 3.8) is 0 Å². The van der Waals surface area contributed by atoms with E-state index in [1.54, 1.807) is 0 Å². The second kappa shape index (κ2) is 5.59. The molecule has 0 amide bonds. The Labute approximate surface area is 155 Å². The van der Waals surface area contributed by atoms with E-state index in [1.807, 2.05) is 0 Å². The minimum atomic E-state index is -0.365. The molecule has 142 valence electrons. The van der Waals surface area contributed by atoms with Crippen molar-refractivity contribution in [2.75, 3.05) is 0 Å². The van der Waals surface area contributed by atoms with Crippen molar-refractivity contribution in [2.45, 2.75) is 76.4 Å². The Morgan fingerprint density at radius 3 is 2.65 bits per heavy atom. The van der Waals surface area contributed by atoms with Gasteiger partial charge < -0.3 is 9.47 Å². The summed E-state index contributed by atoms with van der Waals surface area (Å²) in [5.74, 6) is 1.32. The smallest absolute Gasteiger partial charge is 0.330 e. The highest BCUT2D eigenvalue weighted by molar-refractivity contribution is 5.82. The van der Waals surface area contributed by atoms with Gasteiger partial charge in [-0.25, -0.2) is 4.79 Å². The Hall–Kier alpha value is -1.32. The number of fused-ring (bicyclic) bond motifs is 9. The van der Waals surface area contributed by atoms with Crippen LogP contribution in [0.15, 0.2) is 12.7 Å². The van der Waals surface area contributed by atoms with Gasteiger partial charge in [0.1, 0.15) is 11.7 Å². The fourth-order valence-corrected chi connectivity index (χ4v) is 7.96. The highest BCUT2D eigenvalue weighted by Gasteiger charge is 2.78. The van der Waals surface area contributed by atoms with E-state index in [2.05, 4.69) is 13.5 Å². The fourth-order valence-electron chi connectivity index (χ4n) is 7.96. The standard InChI is InChI=1S/C22H30O4/c1-3-18(23)26-22-14-10-16(19(22)13-8-9-21(22,2)12-13)17(11-14)20(24)25-15-6-4-5-7-15/h3,13-17,19H,1,4-12H2,2H3. The number of hydrogen-bond donors (Lipinski definition) is 0. The number of carbonyl (C=O) groups excluding carboxylic acids is 2. The van der Waals surface area contributed by atoms with E-state index < -0.39 is 0 Å². The Morgan fingerprint density at radius 2 is 1.92 bits per heavy atom. The van der Waals surface area contributed by atoms with E-state index in [0.717, 1.165) is 38.5 Å². The molecular weight excluding hydrogens is 328 g/mol. The van der Waals surface area contributed by atoms with E-state index in [4.69, 9.17) is 9.47 Å². The van der Waals surface area contributed by atoms with Gasteiger partial charge in [-0.15, -0.1) is 0 Å². The van der Waals surface area contributed by atoms with E-state index in [9.17, 15) is 9.59 Å². The Balaban J connectivity index is 1.41. The summed E-state index contributed by atoms with van der Waals surface area (Å²) in [6, 6.07) is 0. The van der Waals surface area contributed by atoms with Crippen LogP contribution < -0.4 is 0 Å². The normalized spacial score (nSPS) is 48.6. The third-order valence-corrected chi connectivity index (χ3v) is 8.73. The van der Waals surface area contributed by atoms with Crippen LogP contribution in [0.25, 0.3) is 0 Å². The zero-order valence-electron chi connectivity index (χ0n) is 15.7. The third kappa shape index (κ3) is 2.02. The molecule has 5 saturated carbocycles. The van der Waals surface area contributed by atoms with Gasteiger partial charge in [-0.05, 0) is 69.6 Å². The molecule has 0 aromatic carbocycles. The summed E-state index contributed by atoms with van der Waals surface area (Å²) in [4.78, 5) is 25.1. The predicted octanol–water partition coefficient (Wildman–Crippen LogP) is 4.03. The van der Waals surface area contributed by atoms with Crippen LogP contribution in [0.2, 0.25) is 0 Å².